The number of aromatic amines is 1. The summed E-state index contributed by atoms with van der Waals surface area (Å²) < 4.78 is 5.31. The average Bonchev–Trinajstić information content (AvgIpc) is 3.22. The molecule has 6 nitrogen and oxygen atoms in total. The topological polar surface area (TPSA) is 61.5 Å². The van der Waals surface area contributed by atoms with Crippen LogP contribution in [-0.4, -0.2) is 60.0 Å². The van der Waals surface area contributed by atoms with Crippen LogP contribution in [0.3, 0.4) is 0 Å². The van der Waals surface area contributed by atoms with Crippen LogP contribution in [0.5, 0.6) is 5.75 Å². The molecule has 128 valence electrons. The molecule has 0 radical (unpaired) electrons. The minimum absolute atomic E-state index is 0.0232. The van der Waals surface area contributed by atoms with Crippen LogP contribution in [0.4, 0.5) is 0 Å². The third-order valence-electron chi connectivity index (χ3n) is 4.33. The van der Waals surface area contributed by atoms with E-state index < -0.39 is 0 Å². The highest BCUT2D eigenvalue weighted by molar-refractivity contribution is 5.97. The molecule has 6 heteroatoms. The molecular formula is C18H24N4O2. The Morgan fingerprint density at radius 1 is 1.42 bits per heavy atom. The molecule has 1 fully saturated rings. The van der Waals surface area contributed by atoms with E-state index in [1.54, 1.807) is 7.11 Å². The van der Waals surface area contributed by atoms with Gasteiger partial charge in [-0.3, -0.25) is 4.79 Å². The molecule has 1 aliphatic heterocycles. The van der Waals surface area contributed by atoms with E-state index in [1.807, 2.05) is 49.5 Å². The van der Waals surface area contributed by atoms with E-state index in [0.717, 1.165) is 31.0 Å². The van der Waals surface area contributed by atoms with Crippen molar-refractivity contribution in [2.75, 3.05) is 34.3 Å². The maximum absolute atomic E-state index is 12.8. The SMILES string of the molecule is COc1ccccc1C(=O)N1CC[C@@H](c2ncc(CN(C)C)[nH]2)C1. The zero-order valence-corrected chi connectivity index (χ0v) is 14.5. The van der Waals surface area contributed by atoms with Crippen molar-refractivity contribution < 1.29 is 9.53 Å². The van der Waals surface area contributed by atoms with Gasteiger partial charge in [0.1, 0.15) is 11.6 Å². The number of carbonyl (C=O) groups excluding carboxylic acids is 1. The maximum Gasteiger partial charge on any atom is 0.257 e. The summed E-state index contributed by atoms with van der Waals surface area (Å²) >= 11 is 0. The number of benzene rings is 1. The molecule has 0 bridgehead atoms. The van der Waals surface area contributed by atoms with E-state index in [0.29, 0.717) is 17.9 Å². The predicted octanol–water partition coefficient (Wildman–Crippen LogP) is 2.11. The van der Waals surface area contributed by atoms with Gasteiger partial charge in [0.05, 0.1) is 12.7 Å². The van der Waals surface area contributed by atoms with Crippen molar-refractivity contribution in [1.82, 2.24) is 19.8 Å². The van der Waals surface area contributed by atoms with Gasteiger partial charge in [0.15, 0.2) is 0 Å². The molecule has 1 atom stereocenters. The lowest BCUT2D eigenvalue weighted by atomic mass is 10.1. The van der Waals surface area contributed by atoms with Crippen LogP contribution in [-0.2, 0) is 6.54 Å². The highest BCUT2D eigenvalue weighted by Crippen LogP contribution is 2.28. The Hall–Kier alpha value is -2.34. The Morgan fingerprint density at radius 3 is 2.96 bits per heavy atom. The summed E-state index contributed by atoms with van der Waals surface area (Å²) in [6, 6.07) is 7.37. The number of amides is 1. The Morgan fingerprint density at radius 2 is 2.21 bits per heavy atom. The summed E-state index contributed by atoms with van der Waals surface area (Å²) in [5, 5.41) is 0. The standard InChI is InChI=1S/C18H24N4O2/c1-21(2)12-14-10-19-17(20-14)13-8-9-22(11-13)18(23)15-6-4-5-7-16(15)24-3/h4-7,10,13H,8-9,11-12H2,1-3H3,(H,19,20)/t13-/m1/s1. The normalized spacial score (nSPS) is 17.5. The summed E-state index contributed by atoms with van der Waals surface area (Å²) in [5.74, 6) is 1.88. The van der Waals surface area contributed by atoms with E-state index in [2.05, 4.69) is 14.9 Å². The number of hydrogen-bond acceptors (Lipinski definition) is 4. The first-order valence-corrected chi connectivity index (χ1v) is 8.19. The van der Waals surface area contributed by atoms with Crippen molar-refractivity contribution in [2.24, 2.45) is 0 Å². The minimum Gasteiger partial charge on any atom is -0.496 e. The number of nitrogens with zero attached hydrogens (tertiary/aromatic N) is 3. The van der Waals surface area contributed by atoms with Crippen LogP contribution in [0, 0.1) is 0 Å². The van der Waals surface area contributed by atoms with Crippen molar-refractivity contribution in [1.29, 1.82) is 0 Å². The molecule has 1 aromatic heterocycles. The van der Waals surface area contributed by atoms with Crippen molar-refractivity contribution in [2.45, 2.75) is 18.9 Å². The second-order valence-corrected chi connectivity index (χ2v) is 6.47. The highest BCUT2D eigenvalue weighted by atomic mass is 16.5. The number of rotatable bonds is 5. The number of H-pyrrole nitrogens is 1. The lowest BCUT2D eigenvalue weighted by molar-refractivity contribution is 0.0787. The monoisotopic (exact) mass is 328 g/mol. The van der Waals surface area contributed by atoms with Crippen molar-refractivity contribution >= 4 is 5.91 Å². The van der Waals surface area contributed by atoms with Gasteiger partial charge in [-0.2, -0.15) is 0 Å². The number of imidazole rings is 1. The molecule has 1 aromatic carbocycles. The van der Waals surface area contributed by atoms with Gasteiger partial charge < -0.3 is 19.5 Å². The number of nitrogens with one attached hydrogen (secondary N) is 1. The largest absolute Gasteiger partial charge is 0.496 e. The summed E-state index contributed by atoms with van der Waals surface area (Å²) in [6.45, 7) is 2.26. The molecule has 0 saturated carbocycles. The quantitative estimate of drug-likeness (QED) is 0.913. The van der Waals surface area contributed by atoms with Gasteiger partial charge in [-0.25, -0.2) is 4.98 Å². The molecule has 2 heterocycles. The number of likely N-dealkylation sites (tertiary alicyclic amines) is 1. The molecule has 1 saturated heterocycles. The molecule has 1 amide bonds. The molecule has 24 heavy (non-hydrogen) atoms. The molecular weight excluding hydrogens is 304 g/mol. The summed E-state index contributed by atoms with van der Waals surface area (Å²) in [7, 11) is 5.65. The molecule has 1 N–H and O–H groups in total. The summed E-state index contributed by atoms with van der Waals surface area (Å²) in [4.78, 5) is 24.6. The van der Waals surface area contributed by atoms with E-state index >= 15 is 0 Å². The first-order chi connectivity index (χ1) is 11.6. The Labute approximate surface area is 142 Å². The van der Waals surface area contributed by atoms with Crippen LogP contribution in [0.2, 0.25) is 0 Å². The predicted molar refractivity (Wildman–Crippen MR) is 92.2 cm³/mol. The fraction of sp³-hybridized carbons (Fsp3) is 0.444. The molecule has 1 aliphatic rings. The Kier molecular flexibility index (Phi) is 4.85. The Bertz CT molecular complexity index is 711. The van der Waals surface area contributed by atoms with Gasteiger partial charge in [-0.15, -0.1) is 0 Å². The fourth-order valence-corrected chi connectivity index (χ4v) is 3.16. The molecule has 2 aromatic rings. The number of ether oxygens (including phenoxy) is 1. The number of para-hydroxylation sites is 1. The van der Waals surface area contributed by atoms with Gasteiger partial charge in [-0.05, 0) is 32.6 Å². The van der Waals surface area contributed by atoms with Crippen molar-refractivity contribution in [3.05, 3.63) is 47.5 Å². The minimum atomic E-state index is 0.0232. The first-order valence-electron chi connectivity index (χ1n) is 8.19. The van der Waals surface area contributed by atoms with Gasteiger partial charge in [-0.1, -0.05) is 12.1 Å². The lowest BCUT2D eigenvalue weighted by Gasteiger charge is -2.17. The Balaban J connectivity index is 1.69. The smallest absolute Gasteiger partial charge is 0.257 e. The molecule has 0 spiro atoms. The second kappa shape index (κ2) is 7.05. The van der Waals surface area contributed by atoms with Crippen molar-refractivity contribution in [3.8, 4) is 5.75 Å². The van der Waals surface area contributed by atoms with E-state index in [-0.39, 0.29) is 11.8 Å². The number of methoxy groups -OCH3 is 1. The van der Waals surface area contributed by atoms with Crippen LogP contribution in [0.25, 0.3) is 0 Å². The van der Waals surface area contributed by atoms with Crippen LogP contribution in [0.15, 0.2) is 30.5 Å². The number of carbonyl (C=O) groups is 1. The second-order valence-electron chi connectivity index (χ2n) is 6.47. The number of aromatic nitrogens is 2. The van der Waals surface area contributed by atoms with E-state index in [9.17, 15) is 4.79 Å². The van der Waals surface area contributed by atoms with Crippen LogP contribution < -0.4 is 4.74 Å². The van der Waals surface area contributed by atoms with Gasteiger partial charge >= 0.3 is 0 Å². The van der Waals surface area contributed by atoms with Gasteiger partial charge in [0.2, 0.25) is 0 Å². The summed E-state index contributed by atoms with van der Waals surface area (Å²) in [6.07, 6.45) is 2.82. The first kappa shape index (κ1) is 16.5. The summed E-state index contributed by atoms with van der Waals surface area (Å²) in [5.41, 5.74) is 1.72. The molecule has 3 rings (SSSR count). The average molecular weight is 328 g/mol. The number of hydrogen-bond donors (Lipinski definition) is 1. The van der Waals surface area contributed by atoms with Gasteiger partial charge in [0.25, 0.3) is 5.91 Å². The maximum atomic E-state index is 12.8. The van der Waals surface area contributed by atoms with Crippen LogP contribution >= 0.6 is 0 Å². The van der Waals surface area contributed by atoms with E-state index in [1.165, 1.54) is 0 Å². The molecule has 0 aliphatic carbocycles. The zero-order valence-electron chi connectivity index (χ0n) is 14.5. The lowest BCUT2D eigenvalue weighted by Crippen LogP contribution is -2.28. The zero-order chi connectivity index (χ0) is 17.1. The van der Waals surface area contributed by atoms with Crippen molar-refractivity contribution in [3.63, 3.8) is 0 Å². The molecule has 0 unspecified atom stereocenters. The third kappa shape index (κ3) is 3.43. The fourth-order valence-electron chi connectivity index (χ4n) is 3.16. The van der Waals surface area contributed by atoms with E-state index in [4.69, 9.17) is 4.74 Å². The van der Waals surface area contributed by atoms with Gasteiger partial charge in [0, 0.05) is 37.4 Å². The third-order valence-corrected chi connectivity index (χ3v) is 4.33. The van der Waals surface area contributed by atoms with Crippen LogP contribution in [0.1, 0.15) is 34.2 Å². The highest BCUT2D eigenvalue weighted by Gasteiger charge is 2.30.